The predicted octanol–water partition coefficient (Wildman–Crippen LogP) is 3.85. The molecule has 0 radical (unpaired) electrons. The molecule has 0 atom stereocenters. The average molecular weight is 393 g/mol. The molecule has 0 saturated heterocycles. The number of nitriles is 1. The summed E-state index contributed by atoms with van der Waals surface area (Å²) in [6, 6.07) is 12.2. The van der Waals surface area contributed by atoms with Crippen molar-refractivity contribution in [2.24, 2.45) is 0 Å². The van der Waals surface area contributed by atoms with E-state index in [9.17, 15) is 18.3 Å². The van der Waals surface area contributed by atoms with E-state index in [-0.39, 0.29) is 40.6 Å². The Bertz CT molecular complexity index is 950. The summed E-state index contributed by atoms with van der Waals surface area (Å²) in [5.74, 6) is -1.26. The molecule has 0 aliphatic rings. The molecule has 0 bridgehead atoms. The van der Waals surface area contributed by atoms with Gasteiger partial charge in [-0.05, 0) is 43.7 Å². The number of carbonyl (C=O) groups is 1. The summed E-state index contributed by atoms with van der Waals surface area (Å²) in [5.41, 5.74) is 0.694. The summed E-state index contributed by atoms with van der Waals surface area (Å²) in [6.07, 6.45) is 0.399. The van der Waals surface area contributed by atoms with Gasteiger partial charge in [-0.3, -0.25) is 4.31 Å². The van der Waals surface area contributed by atoms with Crippen LogP contribution < -0.4 is 4.31 Å². The highest BCUT2D eigenvalue weighted by atomic mass is 35.5. The lowest BCUT2D eigenvalue weighted by Gasteiger charge is -2.26. The summed E-state index contributed by atoms with van der Waals surface area (Å²) >= 11 is 5.98. The molecule has 0 saturated carbocycles. The van der Waals surface area contributed by atoms with Crippen molar-refractivity contribution in [3.63, 3.8) is 0 Å². The first-order chi connectivity index (χ1) is 12.3. The summed E-state index contributed by atoms with van der Waals surface area (Å²) < 4.78 is 27.3. The van der Waals surface area contributed by atoms with E-state index in [4.69, 9.17) is 16.9 Å². The van der Waals surface area contributed by atoms with Gasteiger partial charge in [-0.1, -0.05) is 29.3 Å². The number of rotatable bonds is 7. The first kappa shape index (κ1) is 19.8. The quantitative estimate of drug-likeness (QED) is 0.721. The zero-order valence-corrected chi connectivity index (χ0v) is 15.6. The topological polar surface area (TPSA) is 98.5 Å². The highest BCUT2D eigenvalue weighted by molar-refractivity contribution is 7.92. The van der Waals surface area contributed by atoms with Gasteiger partial charge in [0.2, 0.25) is 0 Å². The first-order valence-electron chi connectivity index (χ1n) is 7.76. The van der Waals surface area contributed by atoms with Gasteiger partial charge >= 0.3 is 5.97 Å². The molecular weight excluding hydrogens is 376 g/mol. The molecule has 6 nitrogen and oxygen atoms in total. The molecule has 2 aromatic carbocycles. The molecule has 2 aromatic rings. The van der Waals surface area contributed by atoms with Crippen LogP contribution in [0.3, 0.4) is 0 Å². The summed E-state index contributed by atoms with van der Waals surface area (Å²) in [4.78, 5) is 11.6. The third kappa shape index (κ3) is 4.34. The lowest BCUT2D eigenvalue weighted by Crippen LogP contribution is -2.33. The van der Waals surface area contributed by atoms with Gasteiger partial charge in [-0.2, -0.15) is 5.26 Å². The Kier molecular flexibility index (Phi) is 6.24. The van der Waals surface area contributed by atoms with Crippen molar-refractivity contribution < 1.29 is 18.3 Å². The SMILES string of the molecule is Cc1ccc(S(=O)(=O)N(CCCC#N)c2cc(Cl)ccc2C(=O)O)cc1. The van der Waals surface area contributed by atoms with Gasteiger partial charge in [0.1, 0.15) is 0 Å². The molecule has 1 N–H and O–H groups in total. The average Bonchev–Trinajstić information content (AvgIpc) is 2.58. The van der Waals surface area contributed by atoms with E-state index in [1.807, 2.05) is 13.0 Å². The lowest BCUT2D eigenvalue weighted by molar-refractivity contribution is 0.0698. The molecule has 0 fully saturated rings. The fraction of sp³-hybridized carbons (Fsp3) is 0.222. The lowest BCUT2D eigenvalue weighted by atomic mass is 10.1. The summed E-state index contributed by atoms with van der Waals surface area (Å²) in [6.45, 7) is 1.80. The van der Waals surface area contributed by atoms with Crippen molar-refractivity contribution in [3.05, 3.63) is 58.6 Å². The largest absolute Gasteiger partial charge is 0.478 e. The maximum absolute atomic E-state index is 13.1. The van der Waals surface area contributed by atoms with Crippen molar-refractivity contribution in [1.82, 2.24) is 0 Å². The van der Waals surface area contributed by atoms with Crippen molar-refractivity contribution in [2.45, 2.75) is 24.7 Å². The van der Waals surface area contributed by atoms with E-state index >= 15 is 0 Å². The Labute approximate surface area is 157 Å². The predicted molar refractivity (Wildman–Crippen MR) is 99.0 cm³/mol. The maximum atomic E-state index is 13.1. The van der Waals surface area contributed by atoms with Crippen LogP contribution in [0.25, 0.3) is 0 Å². The standard InChI is InChI=1S/C18H17ClN2O4S/c1-13-4-7-15(8-5-13)26(24,25)21(11-3-2-10-20)17-12-14(19)6-9-16(17)18(22)23/h4-9,12H,2-3,11H2,1H3,(H,22,23). The van der Waals surface area contributed by atoms with Gasteiger partial charge in [0.25, 0.3) is 10.0 Å². The van der Waals surface area contributed by atoms with Crippen LogP contribution >= 0.6 is 11.6 Å². The number of aryl methyl sites for hydroxylation is 1. The monoisotopic (exact) mass is 392 g/mol. The number of halogens is 1. The molecule has 26 heavy (non-hydrogen) atoms. The van der Waals surface area contributed by atoms with Gasteiger partial charge < -0.3 is 5.11 Å². The van der Waals surface area contributed by atoms with Crippen LogP contribution in [0.15, 0.2) is 47.4 Å². The fourth-order valence-corrected chi connectivity index (χ4v) is 4.08. The van der Waals surface area contributed by atoms with Crippen LogP contribution in [0, 0.1) is 18.3 Å². The van der Waals surface area contributed by atoms with Gasteiger partial charge in [0.15, 0.2) is 0 Å². The molecule has 0 spiro atoms. The molecule has 0 unspecified atom stereocenters. The number of nitrogens with zero attached hydrogens (tertiary/aromatic N) is 2. The Morgan fingerprint density at radius 1 is 1.23 bits per heavy atom. The minimum Gasteiger partial charge on any atom is -0.478 e. The number of anilines is 1. The molecule has 8 heteroatoms. The third-order valence-corrected chi connectivity index (χ3v) is 5.78. The molecular formula is C18H17ClN2O4S. The number of carboxylic acid groups (broad SMARTS) is 1. The fourth-order valence-electron chi connectivity index (χ4n) is 2.40. The number of carboxylic acids is 1. The molecule has 0 aromatic heterocycles. The zero-order valence-electron chi connectivity index (χ0n) is 14.0. The second-order valence-electron chi connectivity index (χ2n) is 5.62. The maximum Gasteiger partial charge on any atom is 0.337 e. The second-order valence-corrected chi connectivity index (χ2v) is 7.92. The number of benzene rings is 2. The number of hydrogen-bond donors (Lipinski definition) is 1. The van der Waals surface area contributed by atoms with Crippen molar-refractivity contribution >= 4 is 33.3 Å². The van der Waals surface area contributed by atoms with E-state index in [1.54, 1.807) is 12.1 Å². The normalized spacial score (nSPS) is 11.0. The van der Waals surface area contributed by atoms with Crippen LogP contribution in [-0.4, -0.2) is 26.0 Å². The highest BCUT2D eigenvalue weighted by Crippen LogP contribution is 2.30. The number of hydrogen-bond acceptors (Lipinski definition) is 4. The van der Waals surface area contributed by atoms with Crippen LogP contribution in [0.1, 0.15) is 28.8 Å². The van der Waals surface area contributed by atoms with Crippen LogP contribution in [0.4, 0.5) is 5.69 Å². The number of sulfonamides is 1. The zero-order chi connectivity index (χ0) is 19.3. The molecule has 2 rings (SSSR count). The van der Waals surface area contributed by atoms with Crippen molar-refractivity contribution in [3.8, 4) is 6.07 Å². The van der Waals surface area contributed by atoms with Gasteiger partial charge in [0, 0.05) is 18.0 Å². The Hall–Kier alpha value is -2.56. The van der Waals surface area contributed by atoms with Crippen LogP contribution in [0.2, 0.25) is 5.02 Å². The summed E-state index contributed by atoms with van der Waals surface area (Å²) in [5, 5.41) is 18.4. The van der Waals surface area contributed by atoms with Crippen molar-refractivity contribution in [1.29, 1.82) is 5.26 Å². The molecule has 0 amide bonds. The molecule has 136 valence electrons. The Morgan fingerprint density at radius 3 is 2.46 bits per heavy atom. The van der Waals surface area contributed by atoms with Gasteiger partial charge in [-0.15, -0.1) is 0 Å². The number of aromatic carboxylic acids is 1. The molecule has 0 heterocycles. The Balaban J connectivity index is 2.61. The van der Waals surface area contributed by atoms with Crippen LogP contribution in [-0.2, 0) is 10.0 Å². The van der Waals surface area contributed by atoms with E-state index in [0.29, 0.717) is 0 Å². The van der Waals surface area contributed by atoms with E-state index in [1.165, 1.54) is 30.3 Å². The minimum absolute atomic E-state index is 0.0245. The molecule has 0 aliphatic carbocycles. The minimum atomic E-state index is -4.02. The first-order valence-corrected chi connectivity index (χ1v) is 9.58. The highest BCUT2D eigenvalue weighted by Gasteiger charge is 2.28. The smallest absolute Gasteiger partial charge is 0.337 e. The van der Waals surface area contributed by atoms with E-state index in [2.05, 4.69) is 0 Å². The molecule has 0 aliphatic heterocycles. The van der Waals surface area contributed by atoms with Crippen LogP contribution in [0.5, 0.6) is 0 Å². The summed E-state index contributed by atoms with van der Waals surface area (Å²) in [7, 11) is -4.02. The third-order valence-electron chi connectivity index (χ3n) is 3.72. The van der Waals surface area contributed by atoms with Crippen molar-refractivity contribution in [2.75, 3.05) is 10.8 Å². The second kappa shape index (κ2) is 8.21. The van der Waals surface area contributed by atoms with E-state index < -0.39 is 16.0 Å². The van der Waals surface area contributed by atoms with E-state index in [0.717, 1.165) is 9.87 Å². The van der Waals surface area contributed by atoms with Gasteiger partial charge in [-0.25, -0.2) is 13.2 Å². The Morgan fingerprint density at radius 2 is 1.88 bits per heavy atom. The van der Waals surface area contributed by atoms with Gasteiger partial charge in [0.05, 0.1) is 22.2 Å². The number of unbranched alkanes of at least 4 members (excludes halogenated alkanes) is 1.